The minimum atomic E-state index is -0.724. The van der Waals surface area contributed by atoms with Crippen LogP contribution in [0.25, 0.3) is 0 Å². The molecule has 180 valence electrons. The van der Waals surface area contributed by atoms with E-state index in [1.54, 1.807) is 5.57 Å². The number of fused-ring (bicyclic) bond motifs is 1. The third-order valence-electron chi connectivity index (χ3n) is 8.52. The molecule has 3 saturated carbocycles. The Hall–Kier alpha value is -1.46. The third-order valence-corrected chi connectivity index (χ3v) is 8.52. The molecule has 0 aromatic heterocycles. The van der Waals surface area contributed by atoms with Crippen LogP contribution in [0.15, 0.2) is 23.3 Å². The molecule has 32 heavy (non-hydrogen) atoms. The summed E-state index contributed by atoms with van der Waals surface area (Å²) in [5.41, 5.74) is 3.05. The SMILES string of the molecule is COC(=O)C(=O)CCCC[C@@H](C)[C@H]1CC[C@H]2/C(=C\C=C3C[C@@H](O)C[C@H](O)C3)CCC[C@]12C. The summed E-state index contributed by atoms with van der Waals surface area (Å²) in [5, 5.41) is 19.9. The van der Waals surface area contributed by atoms with Crippen molar-refractivity contribution in [1.29, 1.82) is 0 Å². The summed E-state index contributed by atoms with van der Waals surface area (Å²) < 4.78 is 4.50. The van der Waals surface area contributed by atoms with E-state index >= 15 is 0 Å². The number of unbranched alkanes of at least 4 members (excludes halogenated alkanes) is 1. The Labute approximate surface area is 193 Å². The average molecular weight is 447 g/mol. The molecule has 3 fully saturated rings. The Bertz CT molecular complexity index is 726. The van der Waals surface area contributed by atoms with Crippen molar-refractivity contribution in [3.63, 3.8) is 0 Å². The Kier molecular flexibility index (Phi) is 8.74. The minimum absolute atomic E-state index is 0.287. The summed E-state index contributed by atoms with van der Waals surface area (Å²) in [5.74, 6) is 0.790. The van der Waals surface area contributed by atoms with Gasteiger partial charge in [-0.25, -0.2) is 4.79 Å². The maximum atomic E-state index is 11.6. The van der Waals surface area contributed by atoms with E-state index < -0.39 is 24.0 Å². The molecule has 0 aromatic rings. The number of hydrogen-bond acceptors (Lipinski definition) is 5. The Balaban J connectivity index is 1.57. The largest absolute Gasteiger partial charge is 0.463 e. The first-order chi connectivity index (χ1) is 15.2. The molecule has 3 aliphatic carbocycles. The predicted octanol–water partition coefficient (Wildman–Crippen LogP) is 4.90. The summed E-state index contributed by atoms with van der Waals surface area (Å²) >= 11 is 0. The number of rotatable bonds is 8. The van der Waals surface area contributed by atoms with Crippen LogP contribution in [0.3, 0.4) is 0 Å². The van der Waals surface area contributed by atoms with E-state index in [-0.39, 0.29) is 6.42 Å². The second-order valence-corrected chi connectivity index (χ2v) is 10.8. The fraction of sp³-hybridized carbons (Fsp3) is 0.778. The number of hydrogen-bond donors (Lipinski definition) is 2. The van der Waals surface area contributed by atoms with Gasteiger partial charge in [-0.3, -0.25) is 4.79 Å². The number of esters is 1. The number of carbonyl (C=O) groups is 2. The second kappa shape index (κ2) is 11.1. The van der Waals surface area contributed by atoms with Gasteiger partial charge in [0, 0.05) is 6.42 Å². The molecule has 0 aromatic carbocycles. The van der Waals surface area contributed by atoms with Crippen molar-refractivity contribution in [1.82, 2.24) is 0 Å². The maximum Gasteiger partial charge on any atom is 0.374 e. The highest BCUT2D eigenvalue weighted by Crippen LogP contribution is 2.59. The topological polar surface area (TPSA) is 83.8 Å². The van der Waals surface area contributed by atoms with Crippen LogP contribution in [-0.4, -0.2) is 41.3 Å². The van der Waals surface area contributed by atoms with Crippen LogP contribution in [0.5, 0.6) is 0 Å². The molecule has 0 aliphatic heterocycles. The van der Waals surface area contributed by atoms with Gasteiger partial charge in [-0.15, -0.1) is 0 Å². The fourth-order valence-corrected chi connectivity index (χ4v) is 6.91. The molecule has 0 bridgehead atoms. The van der Waals surface area contributed by atoms with Crippen LogP contribution in [-0.2, 0) is 14.3 Å². The van der Waals surface area contributed by atoms with Crippen LogP contribution >= 0.6 is 0 Å². The maximum absolute atomic E-state index is 11.6. The molecule has 0 radical (unpaired) electrons. The molecule has 0 heterocycles. The summed E-state index contributed by atoms with van der Waals surface area (Å²) in [4.78, 5) is 22.9. The molecule has 0 saturated heterocycles. The summed E-state index contributed by atoms with van der Waals surface area (Å²) in [6.07, 6.45) is 14.8. The predicted molar refractivity (Wildman–Crippen MR) is 125 cm³/mol. The van der Waals surface area contributed by atoms with Crippen molar-refractivity contribution in [2.75, 3.05) is 7.11 Å². The van der Waals surface area contributed by atoms with Gasteiger partial charge < -0.3 is 14.9 Å². The molecule has 5 nitrogen and oxygen atoms in total. The highest BCUT2D eigenvalue weighted by atomic mass is 16.5. The van der Waals surface area contributed by atoms with E-state index in [1.165, 1.54) is 38.4 Å². The Morgan fingerprint density at radius 3 is 2.56 bits per heavy atom. The first-order valence-corrected chi connectivity index (χ1v) is 12.6. The zero-order chi connectivity index (χ0) is 23.3. The van der Waals surface area contributed by atoms with Crippen LogP contribution < -0.4 is 0 Å². The monoisotopic (exact) mass is 446 g/mol. The molecule has 3 rings (SSSR count). The number of ketones is 1. The molecule has 0 unspecified atom stereocenters. The molecular weight excluding hydrogens is 404 g/mol. The van der Waals surface area contributed by atoms with Crippen LogP contribution in [0, 0.1) is 23.2 Å². The number of methoxy groups -OCH3 is 1. The summed E-state index contributed by atoms with van der Waals surface area (Å²) in [7, 11) is 1.25. The smallest absolute Gasteiger partial charge is 0.374 e. The quantitative estimate of drug-likeness (QED) is 0.315. The molecule has 0 amide bonds. The van der Waals surface area contributed by atoms with E-state index in [9.17, 15) is 19.8 Å². The first-order valence-electron chi connectivity index (χ1n) is 12.6. The first kappa shape index (κ1) is 25.2. The van der Waals surface area contributed by atoms with Gasteiger partial charge in [0.25, 0.3) is 0 Å². The summed E-state index contributed by atoms with van der Waals surface area (Å²) in [6, 6.07) is 0. The van der Waals surface area contributed by atoms with Gasteiger partial charge in [0.15, 0.2) is 0 Å². The van der Waals surface area contributed by atoms with Crippen LogP contribution in [0.1, 0.15) is 90.9 Å². The van der Waals surface area contributed by atoms with Crippen LogP contribution in [0.2, 0.25) is 0 Å². The van der Waals surface area contributed by atoms with E-state index in [1.807, 2.05) is 0 Å². The van der Waals surface area contributed by atoms with Gasteiger partial charge in [-0.05, 0) is 81.0 Å². The molecule has 3 aliphatic rings. The Morgan fingerprint density at radius 2 is 1.88 bits per heavy atom. The van der Waals surface area contributed by atoms with Crippen LogP contribution in [0.4, 0.5) is 0 Å². The third kappa shape index (κ3) is 5.91. The average Bonchev–Trinajstić information content (AvgIpc) is 3.11. The van der Waals surface area contributed by atoms with Gasteiger partial charge in [-0.2, -0.15) is 0 Å². The highest BCUT2D eigenvalue weighted by Gasteiger charge is 2.50. The Morgan fingerprint density at radius 1 is 1.16 bits per heavy atom. The van der Waals surface area contributed by atoms with Gasteiger partial charge >= 0.3 is 5.97 Å². The van der Waals surface area contributed by atoms with Crippen molar-refractivity contribution in [2.24, 2.45) is 23.2 Å². The lowest BCUT2D eigenvalue weighted by Gasteiger charge is -2.44. The number of aliphatic hydroxyl groups excluding tert-OH is 2. The van der Waals surface area contributed by atoms with Gasteiger partial charge in [0.05, 0.1) is 19.3 Å². The number of aliphatic hydroxyl groups is 2. The lowest BCUT2D eigenvalue weighted by Crippen LogP contribution is -2.36. The van der Waals surface area contributed by atoms with Gasteiger partial charge in [0.2, 0.25) is 5.78 Å². The second-order valence-electron chi connectivity index (χ2n) is 10.8. The van der Waals surface area contributed by atoms with Gasteiger partial charge in [-0.1, -0.05) is 50.0 Å². The standard InChI is InChI=1S/C27H42O5/c1-18(7-4-5-9-25(30)26(31)32-3)23-12-13-24-20(8-6-14-27(23,24)2)11-10-19-15-21(28)17-22(29)16-19/h10-11,18,21-24,28-29H,4-9,12-17H2,1-3H3/b20-11-/t18-,21-,22-,23-,24+,27-/m1/s1. The van der Waals surface area contributed by atoms with Crippen molar-refractivity contribution < 1.29 is 24.5 Å². The minimum Gasteiger partial charge on any atom is -0.463 e. The van der Waals surface area contributed by atoms with E-state index in [0.29, 0.717) is 42.4 Å². The van der Waals surface area contributed by atoms with Crippen molar-refractivity contribution in [3.8, 4) is 0 Å². The zero-order valence-electron chi connectivity index (χ0n) is 20.1. The number of Topliss-reactive ketones (excluding diaryl/α,β-unsaturated/α-hetero) is 1. The molecule has 0 spiro atoms. The van der Waals surface area contributed by atoms with E-state index in [0.717, 1.165) is 25.7 Å². The van der Waals surface area contributed by atoms with Gasteiger partial charge in [0.1, 0.15) is 0 Å². The molecular formula is C27H42O5. The van der Waals surface area contributed by atoms with E-state index in [4.69, 9.17) is 0 Å². The number of allylic oxidation sites excluding steroid dienone is 3. The van der Waals surface area contributed by atoms with Crippen molar-refractivity contribution >= 4 is 11.8 Å². The number of ether oxygens (including phenoxy) is 1. The normalized spacial score (nSPS) is 34.8. The summed E-state index contributed by atoms with van der Waals surface area (Å²) in [6.45, 7) is 4.85. The molecule has 2 N–H and O–H groups in total. The zero-order valence-corrected chi connectivity index (χ0v) is 20.1. The number of carbonyl (C=O) groups excluding carboxylic acids is 2. The fourth-order valence-electron chi connectivity index (χ4n) is 6.91. The molecule has 6 atom stereocenters. The van der Waals surface area contributed by atoms with Crippen molar-refractivity contribution in [3.05, 3.63) is 23.3 Å². The highest BCUT2D eigenvalue weighted by molar-refractivity contribution is 6.33. The lowest BCUT2D eigenvalue weighted by atomic mass is 9.60. The molecule has 5 heteroatoms. The lowest BCUT2D eigenvalue weighted by molar-refractivity contribution is -0.151. The van der Waals surface area contributed by atoms with E-state index in [2.05, 4.69) is 30.7 Å². The van der Waals surface area contributed by atoms with Crippen molar-refractivity contribution in [2.45, 2.75) is 103 Å².